The number of carbonyl (C=O) groups is 1. The van der Waals surface area contributed by atoms with Gasteiger partial charge in [-0.25, -0.2) is 0 Å². The molecule has 0 unspecified atom stereocenters. The van der Waals surface area contributed by atoms with Crippen molar-refractivity contribution in [3.63, 3.8) is 0 Å². The molecule has 2 aliphatic rings. The van der Waals surface area contributed by atoms with E-state index in [2.05, 4.69) is 6.07 Å². The minimum atomic E-state index is -0.888. The average molecular weight is 250 g/mol. The van der Waals surface area contributed by atoms with Crippen molar-refractivity contribution in [3.05, 3.63) is 0 Å². The van der Waals surface area contributed by atoms with Gasteiger partial charge in [-0.3, -0.25) is 4.79 Å². The van der Waals surface area contributed by atoms with E-state index < -0.39 is 5.41 Å². The number of rotatable bonds is 4. The summed E-state index contributed by atoms with van der Waals surface area (Å²) >= 11 is 0. The van der Waals surface area contributed by atoms with Gasteiger partial charge in [0.1, 0.15) is 0 Å². The van der Waals surface area contributed by atoms with Crippen molar-refractivity contribution in [2.75, 3.05) is 26.8 Å². The molecule has 0 bridgehead atoms. The van der Waals surface area contributed by atoms with Gasteiger partial charge in [-0.1, -0.05) is 32.1 Å². The summed E-state index contributed by atoms with van der Waals surface area (Å²) < 4.78 is 5.02. The van der Waals surface area contributed by atoms with Crippen LogP contribution in [0.15, 0.2) is 0 Å². The summed E-state index contributed by atoms with van der Waals surface area (Å²) in [6, 6.07) is 2.12. The third-order valence-corrected chi connectivity index (χ3v) is 4.26. The number of nitrogens with zero attached hydrogens (tertiary/aromatic N) is 2. The second-order valence-corrected chi connectivity index (χ2v) is 5.71. The Morgan fingerprint density at radius 3 is 2.56 bits per heavy atom. The summed E-state index contributed by atoms with van der Waals surface area (Å²) in [5, 5.41) is 9.10. The Morgan fingerprint density at radius 1 is 1.39 bits per heavy atom. The summed E-state index contributed by atoms with van der Waals surface area (Å²) in [6.07, 6.45) is 7.70. The van der Waals surface area contributed by atoms with Gasteiger partial charge in [0.25, 0.3) is 0 Å². The lowest BCUT2D eigenvalue weighted by molar-refractivity contribution is -0.160. The molecule has 1 aliphatic heterocycles. The van der Waals surface area contributed by atoms with Crippen LogP contribution in [-0.4, -0.2) is 37.6 Å². The number of ether oxygens (including phenoxy) is 1. The van der Waals surface area contributed by atoms with Gasteiger partial charge in [0, 0.05) is 13.6 Å². The van der Waals surface area contributed by atoms with Gasteiger partial charge < -0.3 is 9.64 Å². The Morgan fingerprint density at radius 2 is 2.06 bits per heavy atom. The van der Waals surface area contributed by atoms with E-state index in [-0.39, 0.29) is 19.1 Å². The Labute approximate surface area is 109 Å². The zero-order chi connectivity index (χ0) is 13.0. The second kappa shape index (κ2) is 5.71. The molecule has 0 aromatic heterocycles. The zero-order valence-electron chi connectivity index (χ0n) is 11.2. The lowest BCUT2D eigenvalue weighted by Gasteiger charge is -2.37. The highest BCUT2D eigenvalue weighted by Gasteiger charge is 2.48. The molecule has 4 heteroatoms. The van der Waals surface area contributed by atoms with Crippen LogP contribution in [0.5, 0.6) is 0 Å². The van der Waals surface area contributed by atoms with E-state index in [0.29, 0.717) is 0 Å². The molecule has 18 heavy (non-hydrogen) atoms. The number of amides is 1. The molecule has 0 aromatic rings. The molecule has 0 aromatic carbocycles. The van der Waals surface area contributed by atoms with E-state index in [4.69, 9.17) is 10.00 Å². The average Bonchev–Trinajstić information content (AvgIpc) is 2.36. The molecule has 1 amide bonds. The molecule has 100 valence electrons. The van der Waals surface area contributed by atoms with Crippen LogP contribution in [0.1, 0.15) is 38.5 Å². The summed E-state index contributed by atoms with van der Waals surface area (Å²) in [5.41, 5.74) is -0.888. The highest BCUT2D eigenvalue weighted by atomic mass is 16.5. The largest absolute Gasteiger partial charge is 0.377 e. The molecule has 1 saturated heterocycles. The maximum atomic E-state index is 12.2. The monoisotopic (exact) mass is 250 g/mol. The van der Waals surface area contributed by atoms with Crippen LogP contribution < -0.4 is 0 Å². The fraction of sp³-hybridized carbons (Fsp3) is 0.857. The third kappa shape index (κ3) is 2.67. The van der Waals surface area contributed by atoms with Gasteiger partial charge in [0.05, 0.1) is 19.3 Å². The van der Waals surface area contributed by atoms with Crippen LogP contribution in [0.25, 0.3) is 0 Å². The quantitative estimate of drug-likeness (QED) is 0.766. The fourth-order valence-electron chi connectivity index (χ4n) is 2.86. The first-order valence-corrected chi connectivity index (χ1v) is 6.92. The first-order chi connectivity index (χ1) is 8.68. The fourth-order valence-corrected chi connectivity index (χ4v) is 2.86. The maximum Gasteiger partial charge on any atom is 0.247 e. The van der Waals surface area contributed by atoms with E-state index >= 15 is 0 Å². The van der Waals surface area contributed by atoms with Crippen LogP contribution in [-0.2, 0) is 9.53 Å². The molecule has 1 heterocycles. The molecule has 0 radical (unpaired) electrons. The van der Waals surface area contributed by atoms with Crippen molar-refractivity contribution in [3.8, 4) is 6.07 Å². The second-order valence-electron chi connectivity index (χ2n) is 5.71. The van der Waals surface area contributed by atoms with Crippen LogP contribution in [0.2, 0.25) is 0 Å². The summed E-state index contributed by atoms with van der Waals surface area (Å²) in [6.45, 7) is 1.29. The van der Waals surface area contributed by atoms with Crippen LogP contribution >= 0.6 is 0 Å². The van der Waals surface area contributed by atoms with Crippen LogP contribution in [0, 0.1) is 22.7 Å². The summed E-state index contributed by atoms with van der Waals surface area (Å²) in [7, 11) is 1.81. The third-order valence-electron chi connectivity index (χ3n) is 4.26. The van der Waals surface area contributed by atoms with Crippen LogP contribution in [0.3, 0.4) is 0 Å². The lowest BCUT2D eigenvalue weighted by Crippen LogP contribution is -2.53. The normalized spacial score (nSPS) is 22.9. The molecular weight excluding hydrogens is 228 g/mol. The summed E-state index contributed by atoms with van der Waals surface area (Å²) in [5.74, 6) is 0.705. The molecule has 2 fully saturated rings. The van der Waals surface area contributed by atoms with Crippen LogP contribution in [0.4, 0.5) is 0 Å². The van der Waals surface area contributed by atoms with Gasteiger partial charge in [-0.05, 0) is 12.3 Å². The number of carbonyl (C=O) groups excluding carboxylic acids is 1. The molecule has 4 nitrogen and oxygen atoms in total. The van der Waals surface area contributed by atoms with Gasteiger partial charge in [0.2, 0.25) is 5.91 Å². The molecule has 2 rings (SSSR count). The topological polar surface area (TPSA) is 53.3 Å². The maximum absolute atomic E-state index is 12.2. The van der Waals surface area contributed by atoms with Crippen molar-refractivity contribution < 1.29 is 9.53 Å². The molecular formula is C14H22N2O2. The predicted octanol–water partition coefficient (Wildman–Crippen LogP) is 1.96. The number of hydrogen-bond acceptors (Lipinski definition) is 3. The molecule has 1 saturated carbocycles. The minimum absolute atomic E-state index is 0.0629. The Bertz CT molecular complexity index is 338. The van der Waals surface area contributed by atoms with Gasteiger partial charge in [-0.15, -0.1) is 0 Å². The van der Waals surface area contributed by atoms with E-state index in [1.165, 1.54) is 32.1 Å². The highest BCUT2D eigenvalue weighted by molar-refractivity contribution is 5.86. The predicted molar refractivity (Wildman–Crippen MR) is 67.7 cm³/mol. The molecule has 1 aliphatic carbocycles. The van der Waals surface area contributed by atoms with Crippen molar-refractivity contribution >= 4 is 5.91 Å². The number of nitriles is 1. The van der Waals surface area contributed by atoms with E-state index in [9.17, 15) is 4.79 Å². The van der Waals surface area contributed by atoms with Gasteiger partial charge in [0.15, 0.2) is 5.41 Å². The molecule has 0 N–H and O–H groups in total. The Balaban J connectivity index is 1.78. The molecule has 0 spiro atoms. The lowest BCUT2D eigenvalue weighted by atomic mass is 9.85. The van der Waals surface area contributed by atoms with E-state index in [1.54, 1.807) is 4.90 Å². The smallest absolute Gasteiger partial charge is 0.247 e. The van der Waals surface area contributed by atoms with Crippen molar-refractivity contribution in [2.45, 2.75) is 38.5 Å². The minimum Gasteiger partial charge on any atom is -0.377 e. The summed E-state index contributed by atoms with van der Waals surface area (Å²) in [4.78, 5) is 13.9. The first-order valence-electron chi connectivity index (χ1n) is 6.92. The standard InChI is InChI=1S/C14H22N2O2/c1-16(8-7-12-5-3-2-4-6-12)13(17)14(9-15)10-18-11-14/h12H,2-8,10-11H2,1H3. The Hall–Kier alpha value is -1.08. The van der Waals surface area contributed by atoms with Gasteiger partial charge >= 0.3 is 0 Å². The highest BCUT2D eigenvalue weighted by Crippen LogP contribution is 2.30. The molecule has 0 atom stereocenters. The Kier molecular flexibility index (Phi) is 4.23. The van der Waals surface area contributed by atoms with Crippen molar-refractivity contribution in [1.29, 1.82) is 5.26 Å². The van der Waals surface area contributed by atoms with E-state index in [1.807, 2.05) is 7.05 Å². The number of hydrogen-bond donors (Lipinski definition) is 0. The van der Waals surface area contributed by atoms with E-state index in [0.717, 1.165) is 18.9 Å². The van der Waals surface area contributed by atoms with Crippen molar-refractivity contribution in [2.24, 2.45) is 11.3 Å². The first kappa shape index (κ1) is 13.4. The van der Waals surface area contributed by atoms with Crippen molar-refractivity contribution in [1.82, 2.24) is 4.90 Å². The SMILES string of the molecule is CN(CCC1CCCCC1)C(=O)C1(C#N)COC1. The zero-order valence-corrected chi connectivity index (χ0v) is 11.2. The van der Waals surface area contributed by atoms with Gasteiger partial charge in [-0.2, -0.15) is 5.26 Å².